The first-order chi connectivity index (χ1) is 7.88. The van der Waals surface area contributed by atoms with Crippen LogP contribution in [0.15, 0.2) is 0 Å². The Bertz CT molecular complexity index is 269. The average molecular weight is 250 g/mol. The van der Waals surface area contributed by atoms with E-state index >= 15 is 0 Å². The summed E-state index contributed by atoms with van der Waals surface area (Å²) in [4.78, 5) is 10.8. The van der Waals surface area contributed by atoms with Gasteiger partial charge in [-0.15, -0.1) is 0 Å². The molecule has 4 N–H and O–H groups in total. The van der Waals surface area contributed by atoms with Gasteiger partial charge in [0.15, 0.2) is 12.4 Å². The second kappa shape index (κ2) is 5.74. The van der Waals surface area contributed by atoms with Crippen molar-refractivity contribution in [2.24, 2.45) is 0 Å². The molecule has 17 heavy (non-hydrogen) atoms. The van der Waals surface area contributed by atoms with Gasteiger partial charge >= 0.3 is 5.97 Å². The number of carbonyl (C=O) groups is 1. The third kappa shape index (κ3) is 3.14. The first kappa shape index (κ1) is 14.3. The van der Waals surface area contributed by atoms with Crippen molar-refractivity contribution in [2.45, 2.75) is 57.1 Å². The van der Waals surface area contributed by atoms with Crippen LogP contribution < -0.4 is 0 Å². The maximum absolute atomic E-state index is 10.8. The molecule has 100 valence electrons. The van der Waals surface area contributed by atoms with Gasteiger partial charge in [-0.25, -0.2) is 4.79 Å². The van der Waals surface area contributed by atoms with E-state index in [0.717, 1.165) is 0 Å². The zero-order chi connectivity index (χ0) is 13.2. The van der Waals surface area contributed by atoms with E-state index in [-0.39, 0.29) is 6.10 Å². The van der Waals surface area contributed by atoms with Crippen LogP contribution in [-0.4, -0.2) is 63.2 Å². The lowest BCUT2D eigenvalue weighted by atomic mass is 9.99. The molecule has 0 aromatic rings. The van der Waals surface area contributed by atoms with Gasteiger partial charge in [-0.2, -0.15) is 0 Å². The van der Waals surface area contributed by atoms with E-state index < -0.39 is 36.7 Å². The Morgan fingerprint density at radius 1 is 1.29 bits per heavy atom. The minimum atomic E-state index is -1.68. The number of hydrogen-bond donors (Lipinski definition) is 4. The molecule has 7 heteroatoms. The lowest BCUT2D eigenvalue weighted by Crippen LogP contribution is -2.60. The van der Waals surface area contributed by atoms with Crippen molar-refractivity contribution in [2.75, 3.05) is 0 Å². The van der Waals surface area contributed by atoms with E-state index in [9.17, 15) is 20.1 Å². The molecule has 1 fully saturated rings. The molecule has 0 amide bonds. The molecule has 1 rings (SSSR count). The fourth-order valence-electron chi connectivity index (χ4n) is 1.49. The number of carboxylic acids is 1. The molecule has 0 radical (unpaired) electrons. The summed E-state index contributed by atoms with van der Waals surface area (Å²) in [5, 5.41) is 37.3. The van der Waals surface area contributed by atoms with Crippen molar-refractivity contribution < 1.29 is 34.7 Å². The lowest BCUT2D eigenvalue weighted by Gasteiger charge is -2.39. The van der Waals surface area contributed by atoms with Gasteiger partial charge in [-0.1, -0.05) is 6.92 Å². The van der Waals surface area contributed by atoms with Crippen molar-refractivity contribution >= 4 is 5.97 Å². The predicted molar refractivity (Wildman–Crippen MR) is 55.2 cm³/mol. The summed E-state index contributed by atoms with van der Waals surface area (Å²) in [6.45, 7) is 3.57. The average Bonchev–Trinajstić information content (AvgIpc) is 2.29. The number of aliphatic hydroxyl groups is 3. The highest BCUT2D eigenvalue weighted by atomic mass is 16.7. The minimum absolute atomic E-state index is 0.258. The number of carboxylic acid groups (broad SMARTS) is 1. The van der Waals surface area contributed by atoms with Crippen LogP contribution in [-0.2, 0) is 14.3 Å². The molecule has 0 aliphatic carbocycles. The van der Waals surface area contributed by atoms with Crippen molar-refractivity contribution in [3.05, 3.63) is 0 Å². The molecule has 7 nitrogen and oxygen atoms in total. The first-order valence-corrected chi connectivity index (χ1v) is 5.46. The van der Waals surface area contributed by atoms with Gasteiger partial charge in [-0.3, -0.25) is 0 Å². The Balaban J connectivity index is 2.74. The minimum Gasteiger partial charge on any atom is -0.479 e. The molecule has 1 heterocycles. The smallest absolute Gasteiger partial charge is 0.335 e. The van der Waals surface area contributed by atoms with Crippen molar-refractivity contribution in [1.29, 1.82) is 0 Å². The standard InChI is InChI=1S/C10H18O7/c1-3-4(2)16-10-7(13)5(11)6(12)8(17-10)9(14)15/h4-8,10-13H,3H2,1-2H3,(H,14,15)/t4?,5-,6-,7+,8-,10+/m1/s1. The highest BCUT2D eigenvalue weighted by molar-refractivity contribution is 5.73. The molecular weight excluding hydrogens is 232 g/mol. The van der Waals surface area contributed by atoms with Crippen LogP contribution in [0.25, 0.3) is 0 Å². The molecule has 0 aromatic heterocycles. The predicted octanol–water partition coefficient (Wildman–Crippen LogP) is -1.31. The second-order valence-corrected chi connectivity index (χ2v) is 4.09. The number of aliphatic hydroxyl groups excluding tert-OH is 3. The number of aliphatic carboxylic acids is 1. The summed E-state index contributed by atoms with van der Waals surface area (Å²) in [6.07, 6.45) is -7.26. The normalized spacial score (nSPS) is 39.9. The third-order valence-corrected chi connectivity index (χ3v) is 2.75. The van der Waals surface area contributed by atoms with Gasteiger partial charge in [0.25, 0.3) is 0 Å². The summed E-state index contributed by atoms with van der Waals surface area (Å²) < 4.78 is 10.2. The Morgan fingerprint density at radius 3 is 2.35 bits per heavy atom. The van der Waals surface area contributed by atoms with Gasteiger partial charge in [0.1, 0.15) is 18.3 Å². The van der Waals surface area contributed by atoms with Gasteiger partial charge in [-0.05, 0) is 13.3 Å². The topological polar surface area (TPSA) is 116 Å². The fourth-order valence-corrected chi connectivity index (χ4v) is 1.49. The summed E-state index contributed by atoms with van der Waals surface area (Å²) in [7, 11) is 0. The molecule has 1 saturated heterocycles. The van der Waals surface area contributed by atoms with Crippen molar-refractivity contribution in [1.82, 2.24) is 0 Å². The lowest BCUT2D eigenvalue weighted by molar-refractivity contribution is -0.303. The number of ether oxygens (including phenoxy) is 2. The molecule has 0 spiro atoms. The van der Waals surface area contributed by atoms with Crippen LogP contribution >= 0.6 is 0 Å². The Morgan fingerprint density at radius 2 is 1.88 bits per heavy atom. The van der Waals surface area contributed by atoms with E-state index in [4.69, 9.17) is 14.6 Å². The highest BCUT2D eigenvalue weighted by Crippen LogP contribution is 2.23. The maximum Gasteiger partial charge on any atom is 0.335 e. The first-order valence-electron chi connectivity index (χ1n) is 5.46. The molecule has 0 bridgehead atoms. The quantitative estimate of drug-likeness (QED) is 0.489. The van der Waals surface area contributed by atoms with E-state index in [1.165, 1.54) is 0 Å². The van der Waals surface area contributed by atoms with Crippen LogP contribution in [0.5, 0.6) is 0 Å². The summed E-state index contributed by atoms with van der Waals surface area (Å²) >= 11 is 0. The molecule has 0 aromatic carbocycles. The van der Waals surface area contributed by atoms with Crippen LogP contribution in [0.4, 0.5) is 0 Å². The summed E-state index contributed by atoms with van der Waals surface area (Å²) in [5.74, 6) is -1.42. The molecule has 1 aliphatic rings. The van der Waals surface area contributed by atoms with Crippen molar-refractivity contribution in [3.8, 4) is 0 Å². The number of rotatable bonds is 4. The Labute approximate surface area is 98.6 Å². The summed E-state index contributed by atoms with van der Waals surface area (Å²) in [5.41, 5.74) is 0. The Hall–Kier alpha value is -0.730. The van der Waals surface area contributed by atoms with Crippen LogP contribution in [0.3, 0.4) is 0 Å². The third-order valence-electron chi connectivity index (χ3n) is 2.75. The molecule has 1 aliphatic heterocycles. The maximum atomic E-state index is 10.8. The largest absolute Gasteiger partial charge is 0.479 e. The SMILES string of the molecule is CCC(C)O[C@H]1O[C@@H](C(=O)O)[C@H](O)[C@@H](O)[C@@H]1O. The zero-order valence-electron chi connectivity index (χ0n) is 9.68. The second-order valence-electron chi connectivity index (χ2n) is 4.09. The van der Waals surface area contributed by atoms with Crippen LogP contribution in [0.1, 0.15) is 20.3 Å². The molecule has 0 saturated carbocycles. The van der Waals surface area contributed by atoms with Gasteiger partial charge in [0.2, 0.25) is 0 Å². The molecule has 1 unspecified atom stereocenters. The van der Waals surface area contributed by atoms with E-state index in [1.54, 1.807) is 6.92 Å². The summed E-state index contributed by atoms with van der Waals surface area (Å²) in [6, 6.07) is 0. The van der Waals surface area contributed by atoms with Crippen LogP contribution in [0, 0.1) is 0 Å². The zero-order valence-corrected chi connectivity index (χ0v) is 9.68. The fraction of sp³-hybridized carbons (Fsp3) is 0.900. The number of hydrogen-bond acceptors (Lipinski definition) is 6. The van der Waals surface area contributed by atoms with Gasteiger partial charge < -0.3 is 29.9 Å². The van der Waals surface area contributed by atoms with E-state index in [0.29, 0.717) is 6.42 Å². The van der Waals surface area contributed by atoms with Crippen LogP contribution in [0.2, 0.25) is 0 Å². The van der Waals surface area contributed by atoms with Crippen molar-refractivity contribution in [3.63, 3.8) is 0 Å². The molecule has 6 atom stereocenters. The van der Waals surface area contributed by atoms with Gasteiger partial charge in [0, 0.05) is 0 Å². The molecular formula is C10H18O7. The Kier molecular flexibility index (Phi) is 4.84. The van der Waals surface area contributed by atoms with E-state index in [1.807, 2.05) is 6.92 Å². The van der Waals surface area contributed by atoms with E-state index in [2.05, 4.69) is 0 Å². The van der Waals surface area contributed by atoms with Gasteiger partial charge in [0.05, 0.1) is 6.10 Å². The highest BCUT2D eigenvalue weighted by Gasteiger charge is 2.47. The monoisotopic (exact) mass is 250 g/mol.